The van der Waals surface area contributed by atoms with E-state index in [1.54, 1.807) is 12.4 Å². The number of hydrogen-bond donors (Lipinski definition) is 0. The number of aryl methyl sites for hydroxylation is 6. The molecule has 0 unspecified atom stereocenters. The zero-order valence-electron chi connectivity index (χ0n) is 73.3. The number of nitrogens with zero attached hydrogens (tertiary/aromatic N) is 8. The minimum atomic E-state index is 0. The maximum atomic E-state index is 4.60. The third-order valence-electron chi connectivity index (χ3n) is 20.1. The van der Waals surface area contributed by atoms with Gasteiger partial charge in [0.15, 0.2) is 0 Å². The molecule has 654 valence electrons. The molecular weight excluding hydrogens is 2310 g/mol. The van der Waals surface area contributed by atoms with Gasteiger partial charge in [0.25, 0.3) is 0 Å². The summed E-state index contributed by atoms with van der Waals surface area (Å²) in [4.78, 5) is 35.3. The van der Waals surface area contributed by atoms with Crippen LogP contribution in [-0.4, -0.2) is 39.9 Å². The maximum Gasteiger partial charge on any atom is 0.0266 e. The molecule has 0 N–H and O–H groups in total. The van der Waals surface area contributed by atoms with E-state index in [1.807, 2.05) is 342 Å². The molecule has 0 amide bonds. The first-order valence-corrected chi connectivity index (χ1v) is 42.1. The molecule has 8 nitrogen and oxygen atoms in total. The van der Waals surface area contributed by atoms with Crippen molar-refractivity contribution < 1.29 is 80.4 Å². The molecular formula is C119H94Ir4N8-8. The van der Waals surface area contributed by atoms with Crippen LogP contribution in [0.2, 0.25) is 0 Å². The van der Waals surface area contributed by atoms with Gasteiger partial charge >= 0.3 is 0 Å². The molecule has 0 saturated carbocycles. The molecule has 0 aliphatic carbocycles. The van der Waals surface area contributed by atoms with Crippen molar-refractivity contribution in [2.24, 2.45) is 0 Å². The summed E-state index contributed by atoms with van der Waals surface area (Å²) in [5.74, 6) is 0. The summed E-state index contributed by atoms with van der Waals surface area (Å²) in [5, 5.41) is 0. The van der Waals surface area contributed by atoms with Gasteiger partial charge < -0.3 is 39.9 Å². The van der Waals surface area contributed by atoms with E-state index in [0.717, 1.165) is 102 Å². The van der Waals surface area contributed by atoms with Crippen LogP contribution < -0.4 is 0 Å². The molecule has 0 fully saturated rings. The van der Waals surface area contributed by atoms with Crippen molar-refractivity contribution in [1.29, 1.82) is 0 Å². The molecule has 0 bridgehead atoms. The first-order chi connectivity index (χ1) is 62.6. The number of benzene rings is 12. The Kier molecular flexibility index (Phi) is 42.8. The molecule has 0 saturated heterocycles. The van der Waals surface area contributed by atoms with Crippen LogP contribution in [0.4, 0.5) is 0 Å². The fraction of sp³-hybridized carbons (Fsp3) is 0.0588. The van der Waals surface area contributed by atoms with Crippen LogP contribution in [0.3, 0.4) is 0 Å². The van der Waals surface area contributed by atoms with Crippen molar-refractivity contribution in [3.63, 3.8) is 0 Å². The second-order valence-corrected chi connectivity index (χ2v) is 29.2. The summed E-state index contributed by atoms with van der Waals surface area (Å²) in [7, 11) is 0. The third kappa shape index (κ3) is 31.4. The van der Waals surface area contributed by atoms with E-state index in [-0.39, 0.29) is 80.4 Å². The van der Waals surface area contributed by atoms with Gasteiger partial charge in [-0.25, -0.2) is 0 Å². The van der Waals surface area contributed by atoms with Crippen LogP contribution in [0.15, 0.2) is 450 Å². The third-order valence-corrected chi connectivity index (χ3v) is 20.1. The van der Waals surface area contributed by atoms with E-state index in [0.29, 0.717) is 0 Å². The number of aromatic nitrogens is 8. The first kappa shape index (κ1) is 101. The Morgan fingerprint density at radius 1 is 0.206 bits per heavy atom. The molecule has 0 atom stereocenters. The summed E-state index contributed by atoms with van der Waals surface area (Å²) in [6, 6.07) is 160. The minimum Gasteiger partial charge on any atom is -0.305 e. The Labute approximate surface area is 827 Å². The van der Waals surface area contributed by atoms with E-state index in [1.165, 1.54) is 72.3 Å². The van der Waals surface area contributed by atoms with Crippen LogP contribution >= 0.6 is 0 Å². The van der Waals surface area contributed by atoms with Gasteiger partial charge in [-0.2, -0.15) is 0 Å². The van der Waals surface area contributed by atoms with Gasteiger partial charge in [-0.05, 0) is 166 Å². The summed E-state index contributed by atoms with van der Waals surface area (Å²) in [6.07, 6.45) is 14.2. The van der Waals surface area contributed by atoms with Crippen LogP contribution in [0.1, 0.15) is 40.4 Å². The molecule has 8 heterocycles. The van der Waals surface area contributed by atoms with E-state index < -0.39 is 0 Å². The number of pyridine rings is 8. The van der Waals surface area contributed by atoms with Gasteiger partial charge in [0.2, 0.25) is 0 Å². The van der Waals surface area contributed by atoms with Gasteiger partial charge in [0.05, 0.1) is 0 Å². The predicted molar refractivity (Wildman–Crippen MR) is 523 cm³/mol. The monoisotopic (exact) mass is 2410 g/mol. The smallest absolute Gasteiger partial charge is 0.0266 e. The minimum absolute atomic E-state index is 0. The topological polar surface area (TPSA) is 103 Å². The molecule has 12 heteroatoms. The second-order valence-electron chi connectivity index (χ2n) is 29.2. The van der Waals surface area contributed by atoms with Gasteiger partial charge in [-0.3, -0.25) is 0 Å². The molecule has 12 aromatic carbocycles. The van der Waals surface area contributed by atoms with Crippen molar-refractivity contribution in [3.05, 3.63) is 532 Å². The van der Waals surface area contributed by atoms with Crippen LogP contribution in [0, 0.1) is 83.1 Å². The molecule has 8 aromatic heterocycles. The fourth-order valence-corrected chi connectivity index (χ4v) is 13.5. The normalized spacial score (nSPS) is 9.85. The van der Waals surface area contributed by atoms with Crippen molar-refractivity contribution in [2.45, 2.75) is 48.0 Å². The van der Waals surface area contributed by atoms with E-state index in [4.69, 9.17) is 0 Å². The quantitative estimate of drug-likeness (QED) is 0.105. The zero-order chi connectivity index (χ0) is 87.7. The Morgan fingerprint density at radius 2 is 0.519 bits per heavy atom. The van der Waals surface area contributed by atoms with Gasteiger partial charge in [0, 0.05) is 146 Å². The van der Waals surface area contributed by atoms with Gasteiger partial charge in [0.1, 0.15) is 0 Å². The zero-order valence-corrected chi connectivity index (χ0v) is 82.9. The molecule has 0 aliphatic heterocycles. The molecule has 0 aliphatic rings. The molecule has 20 aromatic rings. The van der Waals surface area contributed by atoms with Gasteiger partial charge in [-0.1, -0.05) is 195 Å². The Bertz CT molecular complexity index is 6320. The average molecular weight is 2400 g/mol. The number of rotatable bonds is 13. The van der Waals surface area contributed by atoms with Crippen molar-refractivity contribution >= 4 is 0 Å². The standard InChI is InChI=1S/C19H16N.3C18H14N.2C12H10N.2C11H8N.4Ir/c1-2-15-13-19(17-11-7-4-8-12-17)20-14-18(15)16-9-5-3-6-10-16;2*1-14-12-18(16-10-6-3-7-11-16)19-13-17(14)15-8-4-2-5-9-15;1-14-7-5-6-10-17(14)16-11-12-19-18(13-16)15-8-3-2-4-9-15;1-10-6-5-9-12(13-10)11-7-3-2-4-8-11;1-10-7-8-12(13-9-10)11-5-3-2-4-6-11;2*1-2-6-10(7-3-1)11-8-4-5-9-12-11;;;;/h3-11,13-14H,2H2,1H3;2*2-10,12-13H,1H3;2-8,10-13H,1H3;2-7,9H,1H3;2-5,7-9H,1H3;2*1-6,8-9H;;;;/q8*-1;;;;. The van der Waals surface area contributed by atoms with Crippen LogP contribution in [0.5, 0.6) is 0 Å². The fourth-order valence-electron chi connectivity index (χ4n) is 13.5. The average Bonchev–Trinajstić information content (AvgIpc) is 0.515. The number of hydrogen-bond acceptors (Lipinski definition) is 8. The predicted octanol–water partition coefficient (Wildman–Crippen LogP) is 29.2. The molecule has 0 spiro atoms. The maximum absolute atomic E-state index is 4.60. The van der Waals surface area contributed by atoms with E-state index >= 15 is 0 Å². The largest absolute Gasteiger partial charge is 0.305 e. The van der Waals surface area contributed by atoms with Crippen molar-refractivity contribution in [3.8, 4) is 135 Å². The molecule has 20 rings (SSSR count). The van der Waals surface area contributed by atoms with Crippen molar-refractivity contribution in [1.82, 2.24) is 39.9 Å². The summed E-state index contributed by atoms with van der Waals surface area (Å²) < 4.78 is 0. The van der Waals surface area contributed by atoms with E-state index in [9.17, 15) is 0 Å². The van der Waals surface area contributed by atoms with Crippen LogP contribution in [0.25, 0.3) is 135 Å². The SMILES string of the molecule is CCc1cc(-c2[c-]cccc2)ncc1-c1ccccc1.Cc1cc(-c2[c-]cccc2)ncc1-c1ccccc1.Cc1cc(-c2[c-]cccc2)ncc1-c1ccccc1.Cc1ccc(-c2[c-]cccc2)nc1.Cc1cccc(-c2[c-]cccc2)n1.Cc1ccccc1-c1ccnc(-c2[c-]cccc2)c1.[Ir].[Ir].[Ir].[Ir].[c-]1ccccc1-c1ccccn1.[c-]1ccccc1-c1ccccn1. The Morgan fingerprint density at radius 3 is 0.863 bits per heavy atom. The second kappa shape index (κ2) is 55.3. The van der Waals surface area contributed by atoms with Crippen LogP contribution in [-0.2, 0) is 86.8 Å². The molecule has 4 radical (unpaired) electrons. The summed E-state index contributed by atoms with van der Waals surface area (Å²) in [6.45, 7) is 12.6. The van der Waals surface area contributed by atoms with E-state index in [2.05, 4.69) is 225 Å². The Balaban J connectivity index is 0.000000169. The van der Waals surface area contributed by atoms with Crippen molar-refractivity contribution in [2.75, 3.05) is 0 Å². The summed E-state index contributed by atoms with van der Waals surface area (Å²) in [5.41, 5.74) is 33.0. The first-order valence-electron chi connectivity index (χ1n) is 42.1. The Hall–Kier alpha value is -13.6. The molecule has 131 heavy (non-hydrogen) atoms. The summed E-state index contributed by atoms with van der Waals surface area (Å²) >= 11 is 0. The van der Waals surface area contributed by atoms with Gasteiger partial charge in [-0.15, -0.1) is 287 Å².